The van der Waals surface area contributed by atoms with Crippen molar-refractivity contribution in [3.05, 3.63) is 35.4 Å². The summed E-state index contributed by atoms with van der Waals surface area (Å²) in [7, 11) is 1.89. The fraction of sp³-hybridized carbons (Fsp3) is 0.333. The minimum atomic E-state index is -0.757. The fourth-order valence-corrected chi connectivity index (χ4v) is 1.12. The van der Waals surface area contributed by atoms with E-state index in [0.717, 1.165) is 12.5 Å². The van der Waals surface area contributed by atoms with Crippen LogP contribution >= 0.6 is 0 Å². The molecule has 0 aliphatic heterocycles. The second-order valence-corrected chi connectivity index (χ2v) is 2.95. The molecule has 1 unspecified atom stereocenters. The van der Waals surface area contributed by atoms with Gasteiger partial charge in [0.1, 0.15) is 7.85 Å². The van der Waals surface area contributed by atoms with Crippen molar-refractivity contribution in [2.45, 2.75) is 19.2 Å². The van der Waals surface area contributed by atoms with Gasteiger partial charge in [-0.3, -0.25) is 0 Å². The Morgan fingerprint density at radius 2 is 2.08 bits per heavy atom. The van der Waals surface area contributed by atoms with Crippen LogP contribution in [0.1, 0.15) is 24.7 Å². The van der Waals surface area contributed by atoms with E-state index in [9.17, 15) is 8.78 Å². The maximum Gasteiger partial charge on any atom is 0.161 e. The van der Waals surface area contributed by atoms with Gasteiger partial charge in [0.05, 0.1) is 0 Å². The molecule has 64 valence electrons. The molecule has 0 aromatic heterocycles. The van der Waals surface area contributed by atoms with Gasteiger partial charge >= 0.3 is 0 Å². The first-order valence-electron chi connectivity index (χ1n) is 4.10. The Labute approximate surface area is 72.0 Å². The zero-order chi connectivity index (χ0) is 9.14. The molecule has 12 heavy (non-hydrogen) atoms. The Balaban J connectivity index is 3.07. The van der Waals surface area contributed by atoms with E-state index in [-0.39, 0.29) is 5.82 Å². The third-order valence-electron chi connectivity index (χ3n) is 2.12. The number of halogens is 2. The standard InChI is InChI=1S/C9H11BF2/c1-2-7(10)6-4-3-5-8(11)9(6)12/h3-5,7H,2,10H2,1H3. The van der Waals surface area contributed by atoms with Crippen molar-refractivity contribution < 1.29 is 8.78 Å². The molecule has 0 fully saturated rings. The first kappa shape index (κ1) is 9.23. The van der Waals surface area contributed by atoms with Gasteiger partial charge in [-0.25, -0.2) is 8.78 Å². The van der Waals surface area contributed by atoms with Crippen LogP contribution in [0.5, 0.6) is 0 Å². The Bertz CT molecular complexity index is 273. The summed E-state index contributed by atoms with van der Waals surface area (Å²) in [5.41, 5.74) is 0.470. The number of hydrogen-bond donors (Lipinski definition) is 0. The van der Waals surface area contributed by atoms with Crippen molar-refractivity contribution in [3.8, 4) is 0 Å². The molecule has 0 nitrogen and oxygen atoms in total. The minimum absolute atomic E-state index is 0.0840. The van der Waals surface area contributed by atoms with Crippen molar-refractivity contribution in [3.63, 3.8) is 0 Å². The smallest absolute Gasteiger partial charge is 0.161 e. The highest BCUT2D eigenvalue weighted by Crippen LogP contribution is 2.20. The molecule has 3 heteroatoms. The van der Waals surface area contributed by atoms with Crippen LogP contribution in [0.3, 0.4) is 0 Å². The Morgan fingerprint density at radius 1 is 1.42 bits per heavy atom. The second kappa shape index (κ2) is 3.70. The lowest BCUT2D eigenvalue weighted by Crippen LogP contribution is -2.01. The third kappa shape index (κ3) is 1.66. The molecule has 0 spiro atoms. The Morgan fingerprint density at radius 3 is 2.67 bits per heavy atom. The fourth-order valence-electron chi connectivity index (χ4n) is 1.12. The van der Waals surface area contributed by atoms with Gasteiger partial charge in [-0.2, -0.15) is 0 Å². The predicted molar refractivity (Wildman–Crippen MR) is 47.9 cm³/mol. The van der Waals surface area contributed by atoms with E-state index in [1.54, 1.807) is 12.1 Å². The molecule has 1 aromatic carbocycles. The molecule has 1 atom stereocenters. The largest absolute Gasteiger partial charge is 0.204 e. The van der Waals surface area contributed by atoms with Crippen molar-refractivity contribution in [1.82, 2.24) is 0 Å². The van der Waals surface area contributed by atoms with E-state index < -0.39 is 11.6 Å². The van der Waals surface area contributed by atoms with E-state index in [2.05, 4.69) is 0 Å². The molecular formula is C9H11BF2. The van der Waals surface area contributed by atoms with Crippen LogP contribution in [-0.4, -0.2) is 7.85 Å². The van der Waals surface area contributed by atoms with E-state index in [0.29, 0.717) is 5.56 Å². The monoisotopic (exact) mass is 168 g/mol. The molecule has 0 heterocycles. The lowest BCUT2D eigenvalue weighted by Gasteiger charge is -2.09. The molecule has 0 bridgehead atoms. The van der Waals surface area contributed by atoms with Crippen LogP contribution in [0.4, 0.5) is 8.78 Å². The van der Waals surface area contributed by atoms with Gasteiger partial charge in [-0.1, -0.05) is 25.5 Å². The molecule has 0 amide bonds. The van der Waals surface area contributed by atoms with Crippen LogP contribution in [-0.2, 0) is 0 Å². The van der Waals surface area contributed by atoms with Crippen LogP contribution in [0.15, 0.2) is 18.2 Å². The molecule has 0 saturated heterocycles. The average molecular weight is 168 g/mol. The molecule has 0 saturated carbocycles. The third-order valence-corrected chi connectivity index (χ3v) is 2.12. The van der Waals surface area contributed by atoms with E-state index in [1.165, 1.54) is 0 Å². The maximum absolute atomic E-state index is 13.1. The lowest BCUT2D eigenvalue weighted by molar-refractivity contribution is 0.496. The minimum Gasteiger partial charge on any atom is -0.204 e. The second-order valence-electron chi connectivity index (χ2n) is 2.95. The van der Waals surface area contributed by atoms with Crippen molar-refractivity contribution in [2.75, 3.05) is 0 Å². The summed E-state index contributed by atoms with van der Waals surface area (Å²) in [5, 5.41) is 0. The van der Waals surface area contributed by atoms with Gasteiger partial charge in [0.2, 0.25) is 0 Å². The summed E-state index contributed by atoms with van der Waals surface area (Å²) in [6.45, 7) is 1.95. The summed E-state index contributed by atoms with van der Waals surface area (Å²) in [5.74, 6) is -1.37. The summed E-state index contributed by atoms with van der Waals surface area (Å²) in [6.07, 6.45) is 0.820. The van der Waals surface area contributed by atoms with Crippen molar-refractivity contribution in [1.29, 1.82) is 0 Å². The number of hydrogen-bond acceptors (Lipinski definition) is 0. The summed E-state index contributed by atoms with van der Waals surface area (Å²) in [6, 6.07) is 4.31. The van der Waals surface area contributed by atoms with Crippen LogP contribution in [0, 0.1) is 11.6 Å². The highest BCUT2D eigenvalue weighted by Gasteiger charge is 2.11. The van der Waals surface area contributed by atoms with Gasteiger partial charge in [0.15, 0.2) is 11.6 Å². The van der Waals surface area contributed by atoms with Crippen LogP contribution < -0.4 is 0 Å². The van der Waals surface area contributed by atoms with Crippen LogP contribution in [0.25, 0.3) is 0 Å². The van der Waals surface area contributed by atoms with Gasteiger partial charge in [0.25, 0.3) is 0 Å². The van der Waals surface area contributed by atoms with Gasteiger partial charge < -0.3 is 0 Å². The molecule has 1 rings (SSSR count). The van der Waals surface area contributed by atoms with Crippen LogP contribution in [0.2, 0.25) is 0 Å². The average Bonchev–Trinajstić information content (AvgIpc) is 2.08. The SMILES string of the molecule is BC(CC)c1cccc(F)c1F. The number of rotatable bonds is 2. The predicted octanol–water partition coefficient (Wildman–Crippen LogP) is 2.05. The first-order valence-corrected chi connectivity index (χ1v) is 4.10. The molecule has 0 radical (unpaired) electrons. The molecule has 0 aliphatic carbocycles. The lowest BCUT2D eigenvalue weighted by atomic mass is 9.79. The van der Waals surface area contributed by atoms with Gasteiger partial charge in [-0.15, -0.1) is 0 Å². The maximum atomic E-state index is 13.1. The zero-order valence-electron chi connectivity index (χ0n) is 7.27. The normalized spacial score (nSPS) is 12.9. The summed E-state index contributed by atoms with van der Waals surface area (Å²) < 4.78 is 25.8. The molecule has 0 N–H and O–H groups in total. The zero-order valence-corrected chi connectivity index (χ0v) is 7.27. The van der Waals surface area contributed by atoms with Crippen molar-refractivity contribution >= 4 is 7.85 Å². The Hall–Kier alpha value is -0.855. The van der Waals surface area contributed by atoms with E-state index in [4.69, 9.17) is 0 Å². The topological polar surface area (TPSA) is 0 Å². The molecule has 1 aromatic rings. The van der Waals surface area contributed by atoms with Crippen molar-refractivity contribution in [2.24, 2.45) is 0 Å². The summed E-state index contributed by atoms with van der Waals surface area (Å²) >= 11 is 0. The molecule has 0 aliphatic rings. The highest BCUT2D eigenvalue weighted by molar-refractivity contribution is 6.12. The van der Waals surface area contributed by atoms with E-state index in [1.807, 2.05) is 14.8 Å². The first-order chi connectivity index (χ1) is 5.66. The van der Waals surface area contributed by atoms with E-state index >= 15 is 0 Å². The highest BCUT2D eigenvalue weighted by atomic mass is 19.2. The quantitative estimate of drug-likeness (QED) is 0.592. The Kier molecular flexibility index (Phi) is 2.85. The number of benzene rings is 1. The van der Waals surface area contributed by atoms with Gasteiger partial charge in [0, 0.05) is 0 Å². The summed E-state index contributed by atoms with van der Waals surface area (Å²) in [4.78, 5) is 0. The van der Waals surface area contributed by atoms with Gasteiger partial charge in [-0.05, 0) is 17.4 Å². The molecular weight excluding hydrogens is 157 g/mol.